The molecule has 0 atom stereocenters. The van der Waals surface area contributed by atoms with Gasteiger partial charge in [0.25, 0.3) is 0 Å². The van der Waals surface area contributed by atoms with Crippen molar-refractivity contribution in [2.24, 2.45) is 0 Å². The van der Waals surface area contributed by atoms with Gasteiger partial charge in [0.2, 0.25) is 0 Å². The minimum absolute atomic E-state index is 0.0977. The van der Waals surface area contributed by atoms with Gasteiger partial charge in [-0.15, -0.1) is 0 Å². The minimum Gasteiger partial charge on any atom is -0.497 e. The molecule has 0 aliphatic rings. The summed E-state index contributed by atoms with van der Waals surface area (Å²) in [6.45, 7) is 3.07. The van der Waals surface area contributed by atoms with Gasteiger partial charge in [0.1, 0.15) is 5.75 Å². The molecule has 2 aromatic rings. The highest BCUT2D eigenvalue weighted by Gasteiger charge is 2.12. The van der Waals surface area contributed by atoms with E-state index in [-0.39, 0.29) is 6.03 Å². The van der Waals surface area contributed by atoms with Gasteiger partial charge in [0.15, 0.2) is 0 Å². The highest BCUT2D eigenvalue weighted by molar-refractivity contribution is 5.91. The van der Waals surface area contributed by atoms with Gasteiger partial charge in [0, 0.05) is 18.8 Å². The quantitative estimate of drug-likeness (QED) is 0.914. The fraction of sp³-hybridized carbons (Fsp3) is 0.235. The summed E-state index contributed by atoms with van der Waals surface area (Å²) in [6.07, 6.45) is 0. The summed E-state index contributed by atoms with van der Waals surface area (Å²) < 4.78 is 5.11. The van der Waals surface area contributed by atoms with Crippen LogP contribution in [0.15, 0.2) is 54.6 Å². The molecule has 0 saturated heterocycles. The van der Waals surface area contributed by atoms with Gasteiger partial charge in [-0.25, -0.2) is 4.79 Å². The Balaban J connectivity index is 1.96. The van der Waals surface area contributed by atoms with Crippen LogP contribution >= 0.6 is 0 Å². The smallest absolute Gasteiger partial charge is 0.322 e. The Morgan fingerprint density at radius 3 is 2.33 bits per heavy atom. The second-order valence-corrected chi connectivity index (χ2v) is 4.59. The van der Waals surface area contributed by atoms with Crippen LogP contribution in [0.25, 0.3) is 0 Å². The summed E-state index contributed by atoms with van der Waals surface area (Å²) >= 11 is 0. The first kappa shape index (κ1) is 14.9. The molecular formula is C17H20N2O2. The Hall–Kier alpha value is -2.49. The van der Waals surface area contributed by atoms with Crippen molar-refractivity contribution in [3.8, 4) is 5.75 Å². The van der Waals surface area contributed by atoms with Crippen molar-refractivity contribution < 1.29 is 9.53 Å². The number of rotatable bonds is 5. The van der Waals surface area contributed by atoms with Crippen molar-refractivity contribution in [2.75, 3.05) is 18.6 Å². The number of methoxy groups -OCH3 is 1. The highest BCUT2D eigenvalue weighted by Crippen LogP contribution is 2.14. The van der Waals surface area contributed by atoms with E-state index in [2.05, 4.69) is 5.32 Å². The molecule has 0 radical (unpaired) electrons. The maximum absolute atomic E-state index is 12.3. The third-order valence-corrected chi connectivity index (χ3v) is 3.23. The van der Waals surface area contributed by atoms with E-state index in [9.17, 15) is 4.79 Å². The summed E-state index contributed by atoms with van der Waals surface area (Å²) in [5.74, 6) is 0.810. The van der Waals surface area contributed by atoms with Crippen LogP contribution < -0.4 is 15.0 Å². The van der Waals surface area contributed by atoms with E-state index in [0.717, 1.165) is 17.0 Å². The molecule has 0 heterocycles. The molecule has 0 aromatic heterocycles. The zero-order valence-corrected chi connectivity index (χ0v) is 12.4. The zero-order chi connectivity index (χ0) is 15.1. The van der Waals surface area contributed by atoms with Gasteiger partial charge in [0.05, 0.1) is 7.11 Å². The van der Waals surface area contributed by atoms with Crippen LogP contribution in [0, 0.1) is 0 Å². The first-order chi connectivity index (χ1) is 10.2. The number of ether oxygens (including phenoxy) is 1. The van der Waals surface area contributed by atoms with Crippen LogP contribution in [0.5, 0.6) is 5.75 Å². The van der Waals surface area contributed by atoms with Gasteiger partial charge < -0.3 is 10.1 Å². The predicted molar refractivity (Wildman–Crippen MR) is 84.7 cm³/mol. The minimum atomic E-state index is -0.0977. The van der Waals surface area contributed by atoms with E-state index in [4.69, 9.17) is 4.74 Å². The lowest BCUT2D eigenvalue weighted by atomic mass is 10.2. The number of urea groups is 1. The normalized spacial score (nSPS) is 10.0. The Morgan fingerprint density at radius 2 is 1.76 bits per heavy atom. The molecule has 2 amide bonds. The molecule has 0 spiro atoms. The molecule has 1 N–H and O–H groups in total. The van der Waals surface area contributed by atoms with E-state index in [1.54, 1.807) is 12.0 Å². The lowest BCUT2D eigenvalue weighted by Crippen LogP contribution is -2.39. The number of hydrogen-bond acceptors (Lipinski definition) is 2. The summed E-state index contributed by atoms with van der Waals surface area (Å²) in [4.78, 5) is 14.0. The van der Waals surface area contributed by atoms with Crippen molar-refractivity contribution in [1.82, 2.24) is 5.32 Å². The predicted octanol–water partition coefficient (Wildman–Crippen LogP) is 3.43. The fourth-order valence-corrected chi connectivity index (χ4v) is 2.07. The molecule has 0 bridgehead atoms. The molecule has 2 rings (SSSR count). The lowest BCUT2D eigenvalue weighted by molar-refractivity contribution is 0.246. The second-order valence-electron chi connectivity index (χ2n) is 4.59. The average molecular weight is 284 g/mol. The van der Waals surface area contributed by atoms with E-state index in [0.29, 0.717) is 13.1 Å². The first-order valence-electron chi connectivity index (χ1n) is 6.98. The van der Waals surface area contributed by atoms with Crippen LogP contribution in [0.1, 0.15) is 12.5 Å². The number of nitrogens with zero attached hydrogens (tertiary/aromatic N) is 1. The van der Waals surface area contributed by atoms with E-state index in [1.807, 2.05) is 61.5 Å². The third-order valence-electron chi connectivity index (χ3n) is 3.23. The molecule has 0 unspecified atom stereocenters. The van der Waals surface area contributed by atoms with Gasteiger partial charge in [-0.2, -0.15) is 0 Å². The second kappa shape index (κ2) is 7.33. The summed E-state index contributed by atoms with van der Waals surface area (Å²) in [5.41, 5.74) is 1.93. The van der Waals surface area contributed by atoms with Crippen LogP contribution in [0.4, 0.5) is 10.5 Å². The largest absolute Gasteiger partial charge is 0.497 e. The first-order valence-corrected chi connectivity index (χ1v) is 6.98. The molecular weight excluding hydrogens is 264 g/mol. The van der Waals surface area contributed by atoms with E-state index >= 15 is 0 Å². The number of amides is 2. The lowest BCUT2D eigenvalue weighted by Gasteiger charge is -2.21. The van der Waals surface area contributed by atoms with Crippen molar-refractivity contribution in [3.63, 3.8) is 0 Å². The molecule has 0 fully saturated rings. The molecule has 4 heteroatoms. The molecule has 21 heavy (non-hydrogen) atoms. The van der Waals surface area contributed by atoms with E-state index < -0.39 is 0 Å². The van der Waals surface area contributed by atoms with Gasteiger partial charge in [-0.1, -0.05) is 30.3 Å². The molecule has 2 aromatic carbocycles. The highest BCUT2D eigenvalue weighted by atomic mass is 16.5. The monoisotopic (exact) mass is 284 g/mol. The Bertz CT molecular complexity index is 567. The number of anilines is 1. The molecule has 110 valence electrons. The number of nitrogens with one attached hydrogen (secondary N) is 1. The van der Waals surface area contributed by atoms with Gasteiger partial charge in [-0.05, 0) is 36.8 Å². The molecule has 0 aliphatic carbocycles. The standard InChI is InChI=1S/C17H20N2O2/c1-3-19(15-7-5-4-6-8-15)17(20)18-13-14-9-11-16(21-2)12-10-14/h4-12H,3,13H2,1-2H3,(H,18,20). The molecule has 0 aliphatic heterocycles. The summed E-state index contributed by atoms with van der Waals surface area (Å²) in [6, 6.07) is 17.2. The van der Waals surface area contributed by atoms with Crippen LogP contribution in [-0.4, -0.2) is 19.7 Å². The maximum atomic E-state index is 12.3. The van der Waals surface area contributed by atoms with Crippen molar-refractivity contribution in [1.29, 1.82) is 0 Å². The fourth-order valence-electron chi connectivity index (χ4n) is 2.07. The third kappa shape index (κ3) is 3.99. The molecule has 0 saturated carbocycles. The number of carbonyl (C=O) groups excluding carboxylic acids is 1. The van der Waals surface area contributed by atoms with Crippen molar-refractivity contribution >= 4 is 11.7 Å². The number of hydrogen-bond donors (Lipinski definition) is 1. The van der Waals surface area contributed by atoms with Crippen LogP contribution in [0.3, 0.4) is 0 Å². The van der Waals surface area contributed by atoms with Crippen molar-refractivity contribution in [2.45, 2.75) is 13.5 Å². The Morgan fingerprint density at radius 1 is 1.10 bits per heavy atom. The van der Waals surface area contributed by atoms with E-state index in [1.165, 1.54) is 0 Å². The maximum Gasteiger partial charge on any atom is 0.322 e. The average Bonchev–Trinajstić information content (AvgIpc) is 2.55. The van der Waals surface area contributed by atoms with Gasteiger partial charge in [-0.3, -0.25) is 4.90 Å². The molecule has 4 nitrogen and oxygen atoms in total. The topological polar surface area (TPSA) is 41.6 Å². The summed E-state index contributed by atoms with van der Waals surface area (Å²) in [7, 11) is 1.63. The van der Waals surface area contributed by atoms with Gasteiger partial charge >= 0.3 is 6.03 Å². The Kier molecular flexibility index (Phi) is 5.21. The van der Waals surface area contributed by atoms with Crippen LogP contribution in [0.2, 0.25) is 0 Å². The number of carbonyl (C=O) groups is 1. The number of para-hydroxylation sites is 1. The Labute approximate surface area is 125 Å². The summed E-state index contributed by atoms with van der Waals surface area (Å²) in [5, 5.41) is 2.93. The SMILES string of the molecule is CCN(C(=O)NCc1ccc(OC)cc1)c1ccccc1. The van der Waals surface area contributed by atoms with Crippen molar-refractivity contribution in [3.05, 3.63) is 60.2 Å². The zero-order valence-electron chi connectivity index (χ0n) is 12.4. The van der Waals surface area contributed by atoms with Crippen LogP contribution in [-0.2, 0) is 6.54 Å². The number of benzene rings is 2.